The molecule has 0 amide bonds. The molecule has 0 radical (unpaired) electrons. The van der Waals surface area contributed by atoms with E-state index < -0.39 is 32.5 Å². The van der Waals surface area contributed by atoms with Crippen LogP contribution in [0.2, 0.25) is 0 Å². The normalized spacial score (nSPS) is 27.7. The first kappa shape index (κ1) is 12.9. The van der Waals surface area contributed by atoms with Gasteiger partial charge in [0.25, 0.3) is 0 Å². The molecular weight excluding hydrogens is 242 g/mol. The minimum absolute atomic E-state index is 0.00810. The predicted molar refractivity (Wildman–Crippen MR) is 55.7 cm³/mol. The van der Waals surface area contributed by atoms with E-state index in [1.165, 1.54) is 0 Å². The lowest BCUT2D eigenvalue weighted by Gasteiger charge is -2.31. The molecule has 8 heteroatoms. The topological polar surface area (TPSA) is 91.8 Å². The van der Waals surface area contributed by atoms with E-state index >= 15 is 0 Å². The number of sulfone groups is 1. The lowest BCUT2D eigenvalue weighted by molar-refractivity contribution is 0.308. The Morgan fingerprint density at radius 3 is 2.53 bits per heavy atom. The second-order valence-electron chi connectivity index (χ2n) is 3.61. The van der Waals surface area contributed by atoms with Crippen molar-refractivity contribution in [3.8, 4) is 0 Å². The van der Waals surface area contributed by atoms with Crippen LogP contribution >= 0.6 is 0 Å². The summed E-state index contributed by atoms with van der Waals surface area (Å²) >= 11 is 0. The minimum Gasteiger partial charge on any atom is -0.395 e. The molecule has 6 nitrogen and oxygen atoms in total. The van der Waals surface area contributed by atoms with E-state index in [-0.39, 0.29) is 23.8 Å². The van der Waals surface area contributed by atoms with Gasteiger partial charge in [-0.2, -0.15) is 4.31 Å². The number of rotatable bonds is 3. The number of nitrogens with zero attached hydrogens (tertiary/aromatic N) is 1. The van der Waals surface area contributed by atoms with Gasteiger partial charge in [0, 0.05) is 12.6 Å². The van der Waals surface area contributed by atoms with Crippen LogP contribution in [0.3, 0.4) is 0 Å². The van der Waals surface area contributed by atoms with Gasteiger partial charge in [0.15, 0.2) is 9.84 Å². The first-order valence-corrected chi connectivity index (χ1v) is 8.02. The van der Waals surface area contributed by atoms with Gasteiger partial charge in [-0.15, -0.1) is 0 Å². The highest BCUT2D eigenvalue weighted by Gasteiger charge is 2.34. The van der Waals surface area contributed by atoms with Gasteiger partial charge in [0.1, 0.15) is 0 Å². The van der Waals surface area contributed by atoms with Gasteiger partial charge < -0.3 is 5.11 Å². The Hall–Kier alpha value is -0.180. The van der Waals surface area contributed by atoms with Crippen LogP contribution in [0.25, 0.3) is 0 Å². The highest BCUT2D eigenvalue weighted by Crippen LogP contribution is 2.15. The van der Waals surface area contributed by atoms with Gasteiger partial charge in [-0.25, -0.2) is 16.8 Å². The molecule has 1 saturated heterocycles. The number of sulfonamides is 1. The Kier molecular flexibility index (Phi) is 3.75. The van der Waals surface area contributed by atoms with Gasteiger partial charge in [-0.1, -0.05) is 0 Å². The lowest BCUT2D eigenvalue weighted by atomic mass is 10.4. The molecule has 0 bridgehead atoms. The SMILES string of the molecule is CC1CS(=O)(=O)CCN1S(=O)(=O)CCO. The van der Waals surface area contributed by atoms with Crippen LogP contribution in [-0.4, -0.2) is 62.7 Å². The van der Waals surface area contributed by atoms with Crippen LogP contribution in [0.4, 0.5) is 0 Å². The number of hydrogen-bond donors (Lipinski definition) is 1. The van der Waals surface area contributed by atoms with E-state index in [2.05, 4.69) is 0 Å². The van der Waals surface area contributed by atoms with Gasteiger partial charge in [0.05, 0.1) is 23.9 Å². The molecule has 1 rings (SSSR count). The molecule has 1 aliphatic rings. The Bertz CT molecular complexity index is 413. The molecule has 0 aromatic carbocycles. The van der Waals surface area contributed by atoms with Crippen LogP contribution in [0.1, 0.15) is 6.92 Å². The zero-order valence-corrected chi connectivity index (χ0v) is 10.1. The standard InChI is InChI=1S/C7H15NO5S2/c1-7-6-14(10,11)4-2-8(7)15(12,13)5-3-9/h7,9H,2-6H2,1H3. The summed E-state index contributed by atoms with van der Waals surface area (Å²) < 4.78 is 46.8. The molecule has 0 aromatic rings. The largest absolute Gasteiger partial charge is 0.395 e. The summed E-state index contributed by atoms with van der Waals surface area (Å²) in [5, 5.41) is 8.60. The second kappa shape index (κ2) is 4.36. The van der Waals surface area contributed by atoms with Crippen LogP contribution in [0, 0.1) is 0 Å². The molecule has 1 heterocycles. The molecule has 0 aromatic heterocycles. The summed E-state index contributed by atoms with van der Waals surface area (Å²) in [6.07, 6.45) is 0. The van der Waals surface area contributed by atoms with Crippen molar-refractivity contribution in [3.05, 3.63) is 0 Å². The molecule has 0 aliphatic carbocycles. The molecule has 15 heavy (non-hydrogen) atoms. The Morgan fingerprint density at radius 1 is 1.47 bits per heavy atom. The third-order valence-electron chi connectivity index (χ3n) is 2.32. The molecule has 90 valence electrons. The van der Waals surface area contributed by atoms with Crippen molar-refractivity contribution in [2.75, 3.05) is 30.4 Å². The van der Waals surface area contributed by atoms with Crippen molar-refractivity contribution in [1.82, 2.24) is 4.31 Å². The van der Waals surface area contributed by atoms with E-state index in [0.717, 1.165) is 4.31 Å². The Balaban J connectivity index is 2.83. The molecular formula is C7H15NO5S2. The quantitative estimate of drug-likeness (QED) is 0.659. The van der Waals surface area contributed by atoms with Crippen LogP contribution in [0.5, 0.6) is 0 Å². The van der Waals surface area contributed by atoms with E-state index in [1.807, 2.05) is 0 Å². The monoisotopic (exact) mass is 257 g/mol. The fraction of sp³-hybridized carbons (Fsp3) is 1.00. The third kappa shape index (κ3) is 3.13. The van der Waals surface area contributed by atoms with E-state index in [9.17, 15) is 16.8 Å². The first-order chi connectivity index (χ1) is 6.78. The number of aliphatic hydroxyl groups excluding tert-OH is 1. The van der Waals surface area contributed by atoms with Crippen molar-refractivity contribution >= 4 is 19.9 Å². The zero-order valence-electron chi connectivity index (χ0n) is 8.46. The fourth-order valence-corrected chi connectivity index (χ4v) is 4.85. The second-order valence-corrected chi connectivity index (χ2v) is 7.88. The first-order valence-electron chi connectivity index (χ1n) is 4.59. The number of aliphatic hydroxyl groups is 1. The lowest BCUT2D eigenvalue weighted by Crippen LogP contribution is -2.50. The van der Waals surface area contributed by atoms with E-state index in [0.29, 0.717) is 0 Å². The van der Waals surface area contributed by atoms with Gasteiger partial charge >= 0.3 is 0 Å². The molecule has 1 N–H and O–H groups in total. The Morgan fingerprint density at radius 2 is 2.07 bits per heavy atom. The highest BCUT2D eigenvalue weighted by molar-refractivity contribution is 7.92. The third-order valence-corrected chi connectivity index (χ3v) is 6.07. The van der Waals surface area contributed by atoms with Crippen molar-refractivity contribution in [2.45, 2.75) is 13.0 Å². The van der Waals surface area contributed by atoms with Gasteiger partial charge in [-0.3, -0.25) is 0 Å². The average Bonchev–Trinajstić information content (AvgIpc) is 2.00. The minimum atomic E-state index is -3.51. The fourth-order valence-electron chi connectivity index (χ4n) is 1.63. The predicted octanol–water partition coefficient (Wildman–Crippen LogP) is -1.57. The summed E-state index contributed by atoms with van der Waals surface area (Å²) in [7, 11) is -6.62. The van der Waals surface area contributed by atoms with Crippen LogP contribution in [-0.2, 0) is 19.9 Å². The smallest absolute Gasteiger partial charge is 0.216 e. The summed E-state index contributed by atoms with van der Waals surface area (Å²) in [4.78, 5) is 0. The molecule has 1 atom stereocenters. The molecule has 0 spiro atoms. The number of hydrogen-bond acceptors (Lipinski definition) is 5. The maximum atomic E-state index is 11.6. The van der Waals surface area contributed by atoms with Crippen LogP contribution in [0.15, 0.2) is 0 Å². The van der Waals surface area contributed by atoms with Crippen LogP contribution < -0.4 is 0 Å². The molecule has 0 saturated carbocycles. The molecule has 1 aliphatic heterocycles. The summed E-state index contributed by atoms with van der Waals surface area (Å²) in [6, 6.07) is -0.541. The van der Waals surface area contributed by atoms with Gasteiger partial charge in [-0.05, 0) is 6.92 Å². The van der Waals surface area contributed by atoms with Crippen molar-refractivity contribution < 1.29 is 21.9 Å². The van der Waals surface area contributed by atoms with E-state index in [4.69, 9.17) is 5.11 Å². The van der Waals surface area contributed by atoms with Crippen molar-refractivity contribution in [3.63, 3.8) is 0 Å². The van der Waals surface area contributed by atoms with Crippen molar-refractivity contribution in [1.29, 1.82) is 0 Å². The molecule has 1 unspecified atom stereocenters. The van der Waals surface area contributed by atoms with Crippen molar-refractivity contribution in [2.24, 2.45) is 0 Å². The molecule has 1 fully saturated rings. The zero-order chi connectivity index (χ0) is 11.7. The average molecular weight is 257 g/mol. The maximum absolute atomic E-state index is 11.6. The summed E-state index contributed by atoms with van der Waals surface area (Å²) in [5.74, 6) is -0.628. The van der Waals surface area contributed by atoms with E-state index in [1.54, 1.807) is 6.92 Å². The van der Waals surface area contributed by atoms with Gasteiger partial charge in [0.2, 0.25) is 10.0 Å². The summed E-state index contributed by atoms with van der Waals surface area (Å²) in [5.41, 5.74) is 0. The Labute approximate surface area is 89.9 Å². The maximum Gasteiger partial charge on any atom is 0.216 e. The highest BCUT2D eigenvalue weighted by atomic mass is 32.2. The summed E-state index contributed by atoms with van der Waals surface area (Å²) in [6.45, 7) is 1.11.